The average molecular weight is 247 g/mol. The third kappa shape index (κ3) is 2.42. The summed E-state index contributed by atoms with van der Waals surface area (Å²) in [5.41, 5.74) is 5.97. The molecular weight excluding hydrogens is 234 g/mol. The number of benzene rings is 1. The Morgan fingerprint density at radius 1 is 0.944 bits per heavy atom. The number of anilines is 1. The van der Waals surface area contributed by atoms with Gasteiger partial charge in [-0.1, -0.05) is 18.2 Å². The minimum atomic E-state index is 0.115. The van der Waals surface area contributed by atoms with E-state index in [0.29, 0.717) is 5.75 Å². The molecule has 94 valence electrons. The molecule has 2 aromatic rings. The van der Waals surface area contributed by atoms with E-state index in [1.165, 1.54) is 14.2 Å². The molecule has 0 saturated heterocycles. The summed E-state index contributed by atoms with van der Waals surface area (Å²) in [6.45, 7) is 0. The molecule has 6 nitrogen and oxygen atoms in total. The molecule has 0 spiro atoms. The number of nitrogens with two attached hydrogens (primary N) is 1. The van der Waals surface area contributed by atoms with Gasteiger partial charge in [0.05, 0.1) is 14.2 Å². The molecule has 1 aromatic heterocycles. The molecule has 0 aliphatic rings. The molecule has 1 aromatic carbocycles. The largest absolute Gasteiger partial charge is 0.479 e. The van der Waals surface area contributed by atoms with Gasteiger partial charge in [-0.2, -0.15) is 9.97 Å². The average Bonchev–Trinajstić information content (AvgIpc) is 2.41. The van der Waals surface area contributed by atoms with Crippen molar-refractivity contribution < 1.29 is 14.2 Å². The molecule has 0 bridgehead atoms. The van der Waals surface area contributed by atoms with Crippen LogP contribution in [0.2, 0.25) is 0 Å². The smallest absolute Gasteiger partial charge is 0.328 e. The quantitative estimate of drug-likeness (QED) is 0.888. The number of rotatable bonds is 4. The van der Waals surface area contributed by atoms with Crippen LogP contribution in [0.25, 0.3) is 0 Å². The standard InChI is InChI=1S/C12H13N3O3/c1-16-10-9(13)11(17-2)15-12(14-10)18-8-6-4-3-5-7-8/h3-7H,13H2,1-2H3. The Hall–Kier alpha value is -2.50. The second-order valence-electron chi connectivity index (χ2n) is 3.35. The van der Waals surface area contributed by atoms with E-state index in [2.05, 4.69) is 9.97 Å². The van der Waals surface area contributed by atoms with Crippen LogP contribution in [0.5, 0.6) is 23.5 Å². The van der Waals surface area contributed by atoms with E-state index >= 15 is 0 Å². The van der Waals surface area contributed by atoms with Crippen molar-refractivity contribution >= 4 is 5.69 Å². The van der Waals surface area contributed by atoms with Crippen LogP contribution in [0, 0.1) is 0 Å². The van der Waals surface area contributed by atoms with Crippen LogP contribution in [0.1, 0.15) is 0 Å². The monoisotopic (exact) mass is 247 g/mol. The number of nitrogen functional groups attached to an aromatic ring is 1. The van der Waals surface area contributed by atoms with Crippen LogP contribution in [-0.4, -0.2) is 24.2 Å². The van der Waals surface area contributed by atoms with Crippen LogP contribution >= 0.6 is 0 Å². The van der Waals surface area contributed by atoms with Gasteiger partial charge in [0, 0.05) is 0 Å². The molecular formula is C12H13N3O3. The van der Waals surface area contributed by atoms with E-state index in [1.54, 1.807) is 12.1 Å². The van der Waals surface area contributed by atoms with Gasteiger partial charge in [0.1, 0.15) is 5.75 Å². The van der Waals surface area contributed by atoms with E-state index in [4.69, 9.17) is 19.9 Å². The fourth-order valence-corrected chi connectivity index (χ4v) is 1.36. The van der Waals surface area contributed by atoms with Gasteiger partial charge in [0.25, 0.3) is 0 Å². The lowest BCUT2D eigenvalue weighted by Gasteiger charge is -2.10. The summed E-state index contributed by atoms with van der Waals surface area (Å²) in [6.07, 6.45) is 0. The first-order valence-electron chi connectivity index (χ1n) is 5.23. The molecule has 0 atom stereocenters. The second-order valence-corrected chi connectivity index (χ2v) is 3.35. The summed E-state index contributed by atoms with van der Waals surface area (Å²) in [7, 11) is 2.93. The normalized spacial score (nSPS) is 9.89. The first-order chi connectivity index (χ1) is 8.74. The van der Waals surface area contributed by atoms with Crippen LogP contribution < -0.4 is 19.9 Å². The summed E-state index contributed by atoms with van der Waals surface area (Å²) in [5.74, 6) is 1.05. The minimum absolute atomic E-state index is 0.115. The lowest BCUT2D eigenvalue weighted by Crippen LogP contribution is -2.03. The zero-order valence-electron chi connectivity index (χ0n) is 10.1. The van der Waals surface area contributed by atoms with Crippen LogP contribution in [0.15, 0.2) is 30.3 Å². The molecule has 0 fully saturated rings. The van der Waals surface area contributed by atoms with Gasteiger partial charge in [-0.05, 0) is 12.1 Å². The molecule has 0 saturated carbocycles. The van der Waals surface area contributed by atoms with Crippen molar-refractivity contribution in [3.63, 3.8) is 0 Å². The SMILES string of the molecule is COc1nc(Oc2ccccc2)nc(OC)c1N. The molecule has 6 heteroatoms. The van der Waals surface area contributed by atoms with E-state index in [0.717, 1.165) is 0 Å². The Kier molecular flexibility index (Phi) is 3.47. The number of ether oxygens (including phenoxy) is 3. The Labute approximate surface area is 104 Å². The summed E-state index contributed by atoms with van der Waals surface area (Å²) in [5, 5.41) is 0. The molecule has 0 unspecified atom stereocenters. The van der Waals surface area contributed by atoms with Crippen molar-refractivity contribution in [3.05, 3.63) is 30.3 Å². The highest BCUT2D eigenvalue weighted by atomic mass is 16.5. The zero-order valence-corrected chi connectivity index (χ0v) is 10.1. The Bertz CT molecular complexity index is 506. The highest BCUT2D eigenvalue weighted by Gasteiger charge is 2.14. The number of methoxy groups -OCH3 is 2. The van der Waals surface area contributed by atoms with E-state index < -0.39 is 0 Å². The minimum Gasteiger partial charge on any atom is -0.479 e. The topological polar surface area (TPSA) is 79.5 Å². The molecule has 0 radical (unpaired) electrons. The van der Waals surface area contributed by atoms with Crippen molar-refractivity contribution in [3.8, 4) is 23.5 Å². The zero-order chi connectivity index (χ0) is 13.0. The maximum absolute atomic E-state index is 5.74. The van der Waals surface area contributed by atoms with Gasteiger partial charge in [0.2, 0.25) is 11.8 Å². The fourth-order valence-electron chi connectivity index (χ4n) is 1.36. The van der Waals surface area contributed by atoms with Crippen molar-refractivity contribution in [2.75, 3.05) is 20.0 Å². The van der Waals surface area contributed by atoms with Gasteiger partial charge in [0.15, 0.2) is 5.69 Å². The Balaban J connectivity index is 2.34. The molecule has 2 rings (SSSR count). The van der Waals surface area contributed by atoms with Gasteiger partial charge < -0.3 is 19.9 Å². The molecule has 2 N–H and O–H groups in total. The molecule has 0 aliphatic carbocycles. The fraction of sp³-hybridized carbons (Fsp3) is 0.167. The van der Waals surface area contributed by atoms with E-state index in [1.807, 2.05) is 18.2 Å². The number of hydrogen-bond donors (Lipinski definition) is 1. The Morgan fingerprint density at radius 2 is 1.50 bits per heavy atom. The molecule has 18 heavy (non-hydrogen) atoms. The number of nitrogens with zero attached hydrogens (tertiary/aromatic N) is 2. The number of aromatic nitrogens is 2. The number of para-hydroxylation sites is 1. The lowest BCUT2D eigenvalue weighted by atomic mass is 10.3. The summed E-state index contributed by atoms with van der Waals surface area (Å²) in [4.78, 5) is 8.07. The van der Waals surface area contributed by atoms with Crippen molar-refractivity contribution in [2.24, 2.45) is 0 Å². The van der Waals surface area contributed by atoms with Gasteiger partial charge >= 0.3 is 6.01 Å². The van der Waals surface area contributed by atoms with E-state index in [-0.39, 0.29) is 23.5 Å². The highest BCUT2D eigenvalue weighted by molar-refractivity contribution is 5.57. The highest BCUT2D eigenvalue weighted by Crippen LogP contribution is 2.31. The van der Waals surface area contributed by atoms with Crippen molar-refractivity contribution in [1.29, 1.82) is 0 Å². The van der Waals surface area contributed by atoms with Crippen LogP contribution in [0.3, 0.4) is 0 Å². The van der Waals surface area contributed by atoms with Crippen molar-refractivity contribution in [2.45, 2.75) is 0 Å². The second kappa shape index (κ2) is 5.22. The van der Waals surface area contributed by atoms with Gasteiger partial charge in [-0.3, -0.25) is 0 Å². The summed E-state index contributed by atoms with van der Waals surface area (Å²) < 4.78 is 15.5. The predicted molar refractivity (Wildman–Crippen MR) is 66.1 cm³/mol. The first kappa shape index (κ1) is 12.0. The van der Waals surface area contributed by atoms with Crippen LogP contribution in [-0.2, 0) is 0 Å². The summed E-state index contributed by atoms with van der Waals surface area (Å²) in [6, 6.07) is 9.28. The third-order valence-corrected chi connectivity index (χ3v) is 2.19. The maximum Gasteiger partial charge on any atom is 0.328 e. The predicted octanol–water partition coefficient (Wildman–Crippen LogP) is 1.87. The van der Waals surface area contributed by atoms with Crippen molar-refractivity contribution in [1.82, 2.24) is 9.97 Å². The number of hydrogen-bond acceptors (Lipinski definition) is 6. The third-order valence-electron chi connectivity index (χ3n) is 2.19. The van der Waals surface area contributed by atoms with Gasteiger partial charge in [-0.15, -0.1) is 0 Å². The van der Waals surface area contributed by atoms with Crippen LogP contribution in [0.4, 0.5) is 5.69 Å². The van der Waals surface area contributed by atoms with Gasteiger partial charge in [-0.25, -0.2) is 0 Å². The molecule has 0 aliphatic heterocycles. The molecule has 0 amide bonds. The maximum atomic E-state index is 5.74. The van der Waals surface area contributed by atoms with E-state index in [9.17, 15) is 0 Å². The summed E-state index contributed by atoms with van der Waals surface area (Å²) >= 11 is 0. The molecule has 1 heterocycles. The first-order valence-corrected chi connectivity index (χ1v) is 5.23. The lowest BCUT2D eigenvalue weighted by molar-refractivity contribution is 0.352. The Morgan fingerprint density at radius 3 is 2.00 bits per heavy atom.